The van der Waals surface area contributed by atoms with Gasteiger partial charge in [-0.05, 0) is 40.7 Å². The molecule has 5 aromatic carbocycles. The van der Waals surface area contributed by atoms with Crippen molar-refractivity contribution in [2.45, 2.75) is 13.1 Å². The fourth-order valence-electron chi connectivity index (χ4n) is 4.72. The van der Waals surface area contributed by atoms with Gasteiger partial charge in [0.05, 0.1) is 0 Å². The number of rotatable bonds is 5. The van der Waals surface area contributed by atoms with Crippen LogP contribution < -0.4 is 9.75 Å². The molecule has 1 nitrogen and oxygen atoms in total. The van der Waals surface area contributed by atoms with E-state index in [4.69, 9.17) is 0 Å². The van der Waals surface area contributed by atoms with Crippen LogP contribution in [0.4, 0.5) is 5.69 Å². The average Bonchev–Trinajstić information content (AvgIpc) is 2.84. The molecule has 0 atom stereocenters. The standard InChI is InChI=1S/C30H27NSi/c1-23(24-14-6-4-7-15-24)31(32(2,3)27-18-8-5-9-19-27)30-28-20-12-10-16-25(28)22-26-17-11-13-21-29(26)30/h4-22H,1H2,2-3H3. The molecule has 0 saturated carbocycles. The summed E-state index contributed by atoms with van der Waals surface area (Å²) >= 11 is 0. The van der Waals surface area contributed by atoms with Gasteiger partial charge in [-0.15, -0.1) is 0 Å². The first kappa shape index (κ1) is 20.3. The van der Waals surface area contributed by atoms with E-state index >= 15 is 0 Å². The molecule has 156 valence electrons. The molecule has 0 N–H and O–H groups in total. The molecule has 5 rings (SSSR count). The molecule has 0 bridgehead atoms. The van der Waals surface area contributed by atoms with E-state index in [-0.39, 0.29) is 0 Å². The van der Waals surface area contributed by atoms with E-state index in [1.165, 1.54) is 32.4 Å². The van der Waals surface area contributed by atoms with E-state index in [9.17, 15) is 0 Å². The van der Waals surface area contributed by atoms with E-state index in [1.807, 2.05) is 0 Å². The van der Waals surface area contributed by atoms with Crippen molar-refractivity contribution in [3.63, 3.8) is 0 Å². The Morgan fingerprint density at radius 3 is 1.66 bits per heavy atom. The molecule has 0 radical (unpaired) electrons. The van der Waals surface area contributed by atoms with Gasteiger partial charge in [0.15, 0.2) is 8.24 Å². The van der Waals surface area contributed by atoms with Crippen LogP contribution in [0.5, 0.6) is 0 Å². The van der Waals surface area contributed by atoms with Gasteiger partial charge in [0.2, 0.25) is 0 Å². The minimum Gasteiger partial charge on any atom is -0.364 e. The Labute approximate surface area is 191 Å². The number of nitrogens with zero attached hydrogens (tertiary/aromatic N) is 1. The van der Waals surface area contributed by atoms with Crippen LogP contribution >= 0.6 is 0 Å². The van der Waals surface area contributed by atoms with Crippen LogP contribution in [-0.4, -0.2) is 8.24 Å². The molecule has 32 heavy (non-hydrogen) atoms. The molecule has 0 heterocycles. The molecule has 0 unspecified atom stereocenters. The van der Waals surface area contributed by atoms with Gasteiger partial charge < -0.3 is 4.57 Å². The summed E-state index contributed by atoms with van der Waals surface area (Å²) < 4.78 is 2.57. The van der Waals surface area contributed by atoms with Crippen LogP contribution in [-0.2, 0) is 0 Å². The summed E-state index contributed by atoms with van der Waals surface area (Å²) in [7, 11) is -2.20. The van der Waals surface area contributed by atoms with Crippen molar-refractivity contribution >= 4 is 46.4 Å². The van der Waals surface area contributed by atoms with Gasteiger partial charge in [0.1, 0.15) is 0 Å². The Morgan fingerprint density at radius 2 is 1.09 bits per heavy atom. The first-order valence-corrected chi connectivity index (χ1v) is 14.0. The normalized spacial score (nSPS) is 11.6. The summed E-state index contributed by atoms with van der Waals surface area (Å²) in [6.45, 7) is 9.51. The molecular formula is C30H27NSi. The molecule has 5 aromatic rings. The number of hydrogen-bond acceptors (Lipinski definition) is 1. The Hall–Kier alpha value is -3.62. The average molecular weight is 430 g/mol. The predicted octanol–water partition coefficient (Wildman–Crippen LogP) is 7.58. The van der Waals surface area contributed by atoms with Gasteiger partial charge in [0, 0.05) is 22.2 Å². The highest BCUT2D eigenvalue weighted by molar-refractivity contribution is 6.94. The van der Waals surface area contributed by atoms with E-state index in [2.05, 4.69) is 139 Å². The smallest absolute Gasteiger partial charge is 0.187 e. The summed E-state index contributed by atoms with van der Waals surface area (Å²) in [5, 5.41) is 6.42. The third-order valence-corrected chi connectivity index (χ3v) is 9.74. The second kappa shape index (κ2) is 8.14. The maximum Gasteiger partial charge on any atom is 0.187 e. The third-order valence-electron chi connectivity index (χ3n) is 6.38. The number of fused-ring (bicyclic) bond motifs is 2. The maximum absolute atomic E-state index is 4.67. The molecule has 0 aliphatic rings. The highest BCUT2D eigenvalue weighted by Crippen LogP contribution is 2.41. The first-order chi connectivity index (χ1) is 15.6. The minimum absolute atomic E-state index is 1.05. The van der Waals surface area contributed by atoms with Crippen molar-refractivity contribution in [2.75, 3.05) is 4.57 Å². The minimum atomic E-state index is -2.20. The lowest BCUT2D eigenvalue weighted by atomic mass is 10.0. The summed E-state index contributed by atoms with van der Waals surface area (Å²) in [5.41, 5.74) is 3.46. The van der Waals surface area contributed by atoms with Crippen molar-refractivity contribution in [1.29, 1.82) is 0 Å². The van der Waals surface area contributed by atoms with Crippen LogP contribution in [0.1, 0.15) is 5.56 Å². The fourth-order valence-corrected chi connectivity index (χ4v) is 7.59. The Balaban J connectivity index is 1.87. The van der Waals surface area contributed by atoms with Crippen LogP contribution in [0.2, 0.25) is 13.1 Å². The van der Waals surface area contributed by atoms with Gasteiger partial charge in [-0.2, -0.15) is 0 Å². The quantitative estimate of drug-likeness (QED) is 0.205. The van der Waals surface area contributed by atoms with Crippen molar-refractivity contribution in [2.24, 2.45) is 0 Å². The number of hydrogen-bond donors (Lipinski definition) is 0. The molecule has 0 saturated heterocycles. The lowest BCUT2D eigenvalue weighted by Gasteiger charge is -2.42. The monoisotopic (exact) mass is 429 g/mol. The molecule has 0 amide bonds. The summed E-state index contributed by atoms with van der Waals surface area (Å²) in [5.74, 6) is 0. The van der Waals surface area contributed by atoms with Crippen molar-refractivity contribution in [1.82, 2.24) is 0 Å². The summed E-state index contributed by atoms with van der Waals surface area (Å²) in [6.07, 6.45) is 0. The van der Waals surface area contributed by atoms with Gasteiger partial charge in [-0.25, -0.2) is 0 Å². The van der Waals surface area contributed by atoms with Crippen LogP contribution in [0, 0.1) is 0 Å². The van der Waals surface area contributed by atoms with Gasteiger partial charge in [0.25, 0.3) is 0 Å². The lowest BCUT2D eigenvalue weighted by Crippen LogP contribution is -2.57. The molecule has 0 aliphatic carbocycles. The van der Waals surface area contributed by atoms with Crippen molar-refractivity contribution in [3.8, 4) is 0 Å². The SMILES string of the molecule is C=C(c1ccccc1)N(c1c2ccccc2cc2ccccc12)[Si](C)(C)c1ccccc1. The molecule has 2 heteroatoms. The van der Waals surface area contributed by atoms with E-state index in [0.717, 1.165) is 11.3 Å². The molecule has 0 aliphatic heterocycles. The predicted molar refractivity (Wildman–Crippen MR) is 143 cm³/mol. The number of benzene rings is 5. The number of anilines is 1. The first-order valence-electron chi connectivity index (χ1n) is 11.1. The van der Waals surface area contributed by atoms with Crippen LogP contribution in [0.15, 0.2) is 122 Å². The molecule has 0 aromatic heterocycles. The van der Waals surface area contributed by atoms with Gasteiger partial charge in [-0.3, -0.25) is 0 Å². The van der Waals surface area contributed by atoms with Crippen molar-refractivity contribution in [3.05, 3.63) is 127 Å². The Kier molecular flexibility index (Phi) is 5.16. The molecule has 0 spiro atoms. The lowest BCUT2D eigenvalue weighted by molar-refractivity contribution is 1.37. The zero-order valence-corrected chi connectivity index (χ0v) is 19.6. The summed E-state index contributed by atoms with van der Waals surface area (Å²) in [4.78, 5) is 0. The topological polar surface area (TPSA) is 3.24 Å². The largest absolute Gasteiger partial charge is 0.364 e. The highest BCUT2D eigenvalue weighted by atomic mass is 28.3. The zero-order chi connectivity index (χ0) is 22.1. The Morgan fingerprint density at radius 1 is 0.625 bits per heavy atom. The second-order valence-corrected chi connectivity index (χ2v) is 12.9. The van der Waals surface area contributed by atoms with Gasteiger partial charge in [-0.1, -0.05) is 116 Å². The van der Waals surface area contributed by atoms with E-state index in [1.54, 1.807) is 0 Å². The highest BCUT2D eigenvalue weighted by Gasteiger charge is 2.36. The van der Waals surface area contributed by atoms with Crippen molar-refractivity contribution < 1.29 is 0 Å². The molecule has 0 fully saturated rings. The van der Waals surface area contributed by atoms with Crippen LogP contribution in [0.25, 0.3) is 27.2 Å². The fraction of sp³-hybridized carbons (Fsp3) is 0.0667. The Bertz CT molecular complexity index is 1350. The summed E-state index contributed by atoms with van der Waals surface area (Å²) in [6, 6.07) is 41.3. The van der Waals surface area contributed by atoms with Crippen LogP contribution in [0.3, 0.4) is 0 Å². The maximum atomic E-state index is 4.67. The second-order valence-electron chi connectivity index (χ2n) is 8.74. The van der Waals surface area contributed by atoms with E-state index < -0.39 is 8.24 Å². The van der Waals surface area contributed by atoms with Gasteiger partial charge >= 0.3 is 0 Å². The molecular weight excluding hydrogens is 402 g/mol. The third kappa shape index (κ3) is 3.43. The zero-order valence-electron chi connectivity index (χ0n) is 18.6. The van der Waals surface area contributed by atoms with E-state index in [0.29, 0.717) is 0 Å².